The number of halogens is 1. The largest absolute Gasteiger partial charge is 0.497 e. The van der Waals surface area contributed by atoms with Crippen molar-refractivity contribution in [3.63, 3.8) is 0 Å². The van der Waals surface area contributed by atoms with Crippen LogP contribution in [0.15, 0.2) is 83.3 Å². The van der Waals surface area contributed by atoms with Gasteiger partial charge >= 0.3 is 5.97 Å². The number of fused-ring (bicyclic) bond motifs is 1. The van der Waals surface area contributed by atoms with Gasteiger partial charge < -0.3 is 14.2 Å². The van der Waals surface area contributed by atoms with Crippen molar-refractivity contribution in [2.75, 3.05) is 20.3 Å². The van der Waals surface area contributed by atoms with Gasteiger partial charge in [0.2, 0.25) is 0 Å². The van der Waals surface area contributed by atoms with Gasteiger partial charge in [0.05, 0.1) is 23.9 Å². The van der Waals surface area contributed by atoms with Gasteiger partial charge in [-0.2, -0.15) is 0 Å². The zero-order valence-corrected chi connectivity index (χ0v) is 18.5. The summed E-state index contributed by atoms with van der Waals surface area (Å²) < 4.78 is 17.3. The Kier molecular flexibility index (Phi) is 6.48. The van der Waals surface area contributed by atoms with E-state index >= 15 is 0 Å². The summed E-state index contributed by atoms with van der Waals surface area (Å²) in [5.41, 5.74) is 2.78. The van der Waals surface area contributed by atoms with Gasteiger partial charge in [0.15, 0.2) is 0 Å². The average molecular weight is 478 g/mol. The molecule has 6 heteroatoms. The lowest BCUT2D eigenvalue weighted by atomic mass is 10.0. The highest BCUT2D eigenvalue weighted by Gasteiger charge is 2.15. The fourth-order valence-electron chi connectivity index (χ4n) is 3.18. The molecule has 0 atom stereocenters. The summed E-state index contributed by atoms with van der Waals surface area (Å²) in [6.45, 7) is 0.399. The van der Waals surface area contributed by atoms with E-state index in [1.54, 1.807) is 13.2 Å². The number of rotatable bonds is 7. The molecule has 0 saturated carbocycles. The molecule has 0 saturated heterocycles. The average Bonchev–Trinajstić information content (AvgIpc) is 2.81. The lowest BCUT2D eigenvalue weighted by Gasteiger charge is -2.11. The van der Waals surface area contributed by atoms with Crippen molar-refractivity contribution in [1.29, 1.82) is 0 Å². The third kappa shape index (κ3) is 5.03. The highest BCUT2D eigenvalue weighted by Crippen LogP contribution is 2.27. The van der Waals surface area contributed by atoms with Crippen LogP contribution in [0.5, 0.6) is 11.5 Å². The molecule has 156 valence electrons. The second-order valence-corrected chi connectivity index (χ2v) is 7.66. The smallest absolute Gasteiger partial charge is 0.339 e. The minimum atomic E-state index is -0.411. The molecule has 0 fully saturated rings. The van der Waals surface area contributed by atoms with Crippen LogP contribution in [0.2, 0.25) is 0 Å². The van der Waals surface area contributed by atoms with Crippen LogP contribution in [0.3, 0.4) is 0 Å². The fourth-order valence-corrected chi connectivity index (χ4v) is 3.56. The Labute approximate surface area is 188 Å². The van der Waals surface area contributed by atoms with Crippen molar-refractivity contribution in [1.82, 2.24) is 4.98 Å². The van der Waals surface area contributed by atoms with E-state index in [1.165, 1.54) is 0 Å². The molecule has 0 radical (unpaired) electrons. The van der Waals surface area contributed by atoms with E-state index in [2.05, 4.69) is 15.9 Å². The van der Waals surface area contributed by atoms with Crippen LogP contribution >= 0.6 is 15.9 Å². The van der Waals surface area contributed by atoms with Crippen molar-refractivity contribution >= 4 is 32.8 Å². The summed E-state index contributed by atoms with van der Waals surface area (Å²) in [7, 11) is 1.62. The molecule has 3 aromatic carbocycles. The molecule has 0 aliphatic heterocycles. The molecule has 5 nitrogen and oxygen atoms in total. The van der Waals surface area contributed by atoms with Gasteiger partial charge in [0, 0.05) is 15.4 Å². The number of methoxy groups -OCH3 is 1. The van der Waals surface area contributed by atoms with Crippen molar-refractivity contribution < 1.29 is 19.0 Å². The fraction of sp³-hybridized carbons (Fsp3) is 0.120. The topological polar surface area (TPSA) is 57.7 Å². The lowest BCUT2D eigenvalue weighted by molar-refractivity contribution is 0.0452. The van der Waals surface area contributed by atoms with Crippen molar-refractivity contribution in [3.8, 4) is 22.8 Å². The van der Waals surface area contributed by atoms with Gasteiger partial charge in [0.1, 0.15) is 24.7 Å². The maximum atomic E-state index is 12.9. The van der Waals surface area contributed by atoms with E-state index in [0.29, 0.717) is 17.0 Å². The van der Waals surface area contributed by atoms with E-state index in [4.69, 9.17) is 19.2 Å². The van der Waals surface area contributed by atoms with Gasteiger partial charge in [-0.25, -0.2) is 9.78 Å². The zero-order valence-electron chi connectivity index (χ0n) is 16.9. The van der Waals surface area contributed by atoms with E-state index in [-0.39, 0.29) is 13.2 Å². The molecule has 0 aliphatic rings. The lowest BCUT2D eigenvalue weighted by Crippen LogP contribution is -2.13. The van der Waals surface area contributed by atoms with E-state index in [1.807, 2.05) is 72.8 Å². The normalized spacial score (nSPS) is 10.6. The highest BCUT2D eigenvalue weighted by atomic mass is 79.9. The zero-order chi connectivity index (χ0) is 21.6. The maximum absolute atomic E-state index is 12.9. The Morgan fingerprint density at radius 1 is 0.903 bits per heavy atom. The number of aromatic nitrogens is 1. The SMILES string of the molecule is COc1ccc(-c2cc(C(=O)OCCOc3cccc(Br)c3)c3ccccc3n2)cc1. The molecule has 0 amide bonds. The van der Waals surface area contributed by atoms with Crippen LogP contribution < -0.4 is 9.47 Å². The molecule has 31 heavy (non-hydrogen) atoms. The second-order valence-electron chi connectivity index (χ2n) is 6.74. The summed E-state index contributed by atoms with van der Waals surface area (Å²) in [6, 6.07) is 24.4. The van der Waals surface area contributed by atoms with Crippen molar-refractivity contribution in [2.45, 2.75) is 0 Å². The Morgan fingerprint density at radius 2 is 1.71 bits per heavy atom. The number of carbonyl (C=O) groups is 1. The van der Waals surface area contributed by atoms with E-state index in [0.717, 1.165) is 26.7 Å². The van der Waals surface area contributed by atoms with Gasteiger partial charge in [-0.15, -0.1) is 0 Å². The van der Waals surface area contributed by atoms with Gasteiger partial charge in [0.25, 0.3) is 0 Å². The van der Waals surface area contributed by atoms with Gasteiger partial charge in [-0.05, 0) is 54.6 Å². The number of ether oxygens (including phenoxy) is 3. The third-order valence-electron chi connectivity index (χ3n) is 4.70. The van der Waals surface area contributed by atoms with Crippen molar-refractivity contribution in [3.05, 3.63) is 88.9 Å². The molecule has 4 rings (SSSR count). The van der Waals surface area contributed by atoms with Crippen LogP contribution in [0, 0.1) is 0 Å². The Hall–Kier alpha value is -3.38. The second kappa shape index (κ2) is 9.62. The molecule has 0 bridgehead atoms. The molecule has 1 heterocycles. The molecule has 0 spiro atoms. The molecule has 0 aliphatic carbocycles. The Balaban J connectivity index is 1.53. The maximum Gasteiger partial charge on any atom is 0.339 e. The first kappa shape index (κ1) is 20.9. The third-order valence-corrected chi connectivity index (χ3v) is 5.20. The monoisotopic (exact) mass is 477 g/mol. The summed E-state index contributed by atoms with van der Waals surface area (Å²) in [6.07, 6.45) is 0. The molecular weight excluding hydrogens is 458 g/mol. The molecule has 1 aromatic heterocycles. The minimum absolute atomic E-state index is 0.139. The molecular formula is C25H20BrNO4. The summed E-state index contributed by atoms with van der Waals surface area (Å²) in [5, 5.41) is 0.748. The van der Waals surface area contributed by atoms with Crippen LogP contribution in [-0.4, -0.2) is 31.3 Å². The Morgan fingerprint density at radius 3 is 2.48 bits per heavy atom. The van der Waals surface area contributed by atoms with Gasteiger partial charge in [-0.1, -0.05) is 40.2 Å². The summed E-state index contributed by atoms with van der Waals surface area (Å²) in [5.74, 6) is 1.06. The number of benzene rings is 3. The predicted octanol–water partition coefficient (Wildman–Crippen LogP) is 5.91. The number of esters is 1. The van der Waals surface area contributed by atoms with E-state index < -0.39 is 5.97 Å². The first-order valence-electron chi connectivity index (χ1n) is 9.74. The summed E-state index contributed by atoms with van der Waals surface area (Å²) >= 11 is 3.40. The minimum Gasteiger partial charge on any atom is -0.497 e. The number of para-hydroxylation sites is 1. The summed E-state index contributed by atoms with van der Waals surface area (Å²) in [4.78, 5) is 17.6. The van der Waals surface area contributed by atoms with Crippen molar-refractivity contribution in [2.24, 2.45) is 0 Å². The quantitative estimate of drug-likeness (QED) is 0.244. The first-order chi connectivity index (χ1) is 15.1. The number of hydrogen-bond acceptors (Lipinski definition) is 5. The van der Waals surface area contributed by atoms with Crippen LogP contribution in [0.4, 0.5) is 0 Å². The first-order valence-corrected chi connectivity index (χ1v) is 10.5. The standard InChI is InChI=1S/C25H20BrNO4/c1-29-19-11-9-17(10-12-19)24-16-22(21-7-2-3-8-23(21)27-24)25(28)31-14-13-30-20-6-4-5-18(26)15-20/h2-12,15-16H,13-14H2,1H3. The van der Waals surface area contributed by atoms with Gasteiger partial charge in [-0.3, -0.25) is 0 Å². The van der Waals surface area contributed by atoms with Crippen LogP contribution in [0.1, 0.15) is 10.4 Å². The number of nitrogens with zero attached hydrogens (tertiary/aromatic N) is 1. The predicted molar refractivity (Wildman–Crippen MR) is 124 cm³/mol. The Bertz CT molecular complexity index is 1210. The number of hydrogen-bond donors (Lipinski definition) is 0. The number of carbonyl (C=O) groups excluding carboxylic acids is 1. The van der Waals surface area contributed by atoms with E-state index in [9.17, 15) is 4.79 Å². The number of pyridine rings is 1. The molecule has 0 unspecified atom stereocenters. The molecule has 0 N–H and O–H groups in total. The molecule has 4 aromatic rings. The van der Waals surface area contributed by atoms with Crippen LogP contribution in [-0.2, 0) is 4.74 Å². The van der Waals surface area contributed by atoms with Crippen LogP contribution in [0.25, 0.3) is 22.2 Å². The highest BCUT2D eigenvalue weighted by molar-refractivity contribution is 9.10.